The lowest BCUT2D eigenvalue weighted by atomic mass is 10.2. The van der Waals surface area contributed by atoms with Gasteiger partial charge in [0.1, 0.15) is 0 Å². The number of pyridine rings is 1. The molecule has 0 unspecified atom stereocenters. The molecule has 1 heterocycles. The summed E-state index contributed by atoms with van der Waals surface area (Å²) in [4.78, 5) is 4.38. The number of benzene rings is 1. The van der Waals surface area contributed by atoms with Crippen molar-refractivity contribution in [2.45, 2.75) is 6.92 Å². The van der Waals surface area contributed by atoms with E-state index in [1.54, 1.807) is 13.0 Å². The van der Waals surface area contributed by atoms with Crippen LogP contribution in [0.5, 0.6) is 0 Å². The normalized spacial score (nSPS) is 11.9. The van der Waals surface area contributed by atoms with Gasteiger partial charge in [-0.2, -0.15) is 0 Å². The van der Waals surface area contributed by atoms with Gasteiger partial charge in [0.15, 0.2) is 0 Å². The SMILES string of the molecule is C/C(O)=C/c1ccc2ccccc2n1. The molecule has 0 saturated carbocycles. The summed E-state index contributed by atoms with van der Waals surface area (Å²) in [5.74, 6) is 0.271. The topological polar surface area (TPSA) is 33.1 Å². The minimum Gasteiger partial charge on any atom is -0.513 e. The van der Waals surface area contributed by atoms with Crippen LogP contribution in [0.3, 0.4) is 0 Å². The number of hydrogen-bond donors (Lipinski definition) is 1. The average Bonchev–Trinajstić information content (AvgIpc) is 2.17. The summed E-state index contributed by atoms with van der Waals surface area (Å²) < 4.78 is 0. The predicted molar refractivity (Wildman–Crippen MR) is 58.0 cm³/mol. The lowest BCUT2D eigenvalue weighted by Crippen LogP contribution is -1.83. The van der Waals surface area contributed by atoms with Crippen LogP contribution >= 0.6 is 0 Å². The number of aromatic nitrogens is 1. The fraction of sp³-hybridized carbons (Fsp3) is 0.0833. The summed E-state index contributed by atoms with van der Waals surface area (Å²) in [6.07, 6.45) is 1.65. The first kappa shape index (κ1) is 8.75. The Balaban J connectivity index is 2.57. The van der Waals surface area contributed by atoms with Gasteiger partial charge in [0.25, 0.3) is 0 Å². The van der Waals surface area contributed by atoms with Gasteiger partial charge in [0, 0.05) is 11.5 Å². The first-order chi connectivity index (χ1) is 6.75. The van der Waals surface area contributed by atoms with Gasteiger partial charge in [-0.05, 0) is 19.1 Å². The Labute approximate surface area is 82.5 Å². The average molecular weight is 185 g/mol. The maximum atomic E-state index is 9.10. The molecule has 1 aromatic heterocycles. The van der Waals surface area contributed by atoms with Gasteiger partial charge in [-0.25, -0.2) is 4.98 Å². The van der Waals surface area contributed by atoms with Gasteiger partial charge < -0.3 is 5.11 Å². The van der Waals surface area contributed by atoms with Crippen molar-refractivity contribution >= 4 is 17.0 Å². The van der Waals surface area contributed by atoms with E-state index in [0.29, 0.717) is 0 Å². The van der Waals surface area contributed by atoms with Crippen molar-refractivity contribution < 1.29 is 5.11 Å². The molecule has 0 aliphatic carbocycles. The van der Waals surface area contributed by atoms with Crippen LogP contribution in [0.1, 0.15) is 12.6 Å². The Morgan fingerprint density at radius 1 is 1.21 bits per heavy atom. The van der Waals surface area contributed by atoms with Crippen LogP contribution in [0.25, 0.3) is 17.0 Å². The zero-order valence-electron chi connectivity index (χ0n) is 7.94. The second-order valence-electron chi connectivity index (χ2n) is 3.21. The summed E-state index contributed by atoms with van der Waals surface area (Å²) >= 11 is 0. The van der Waals surface area contributed by atoms with Gasteiger partial charge in [-0.1, -0.05) is 24.3 Å². The van der Waals surface area contributed by atoms with Crippen LogP contribution in [0.4, 0.5) is 0 Å². The smallest absolute Gasteiger partial charge is 0.0913 e. The molecule has 0 bridgehead atoms. The van der Waals surface area contributed by atoms with E-state index in [9.17, 15) is 0 Å². The number of rotatable bonds is 1. The molecular formula is C12H11NO. The molecule has 2 heteroatoms. The van der Waals surface area contributed by atoms with Crippen molar-refractivity contribution in [3.05, 3.63) is 47.9 Å². The third-order valence-corrected chi connectivity index (χ3v) is 1.98. The highest BCUT2D eigenvalue weighted by atomic mass is 16.3. The summed E-state index contributed by atoms with van der Waals surface area (Å²) in [6.45, 7) is 1.64. The number of aliphatic hydroxyl groups is 1. The van der Waals surface area contributed by atoms with Crippen LogP contribution in [0, 0.1) is 0 Å². The van der Waals surface area contributed by atoms with Gasteiger partial charge in [0.2, 0.25) is 0 Å². The number of hydrogen-bond acceptors (Lipinski definition) is 2. The molecule has 0 fully saturated rings. The molecule has 2 nitrogen and oxygen atoms in total. The monoisotopic (exact) mass is 185 g/mol. The Bertz CT molecular complexity index is 484. The minimum atomic E-state index is 0.271. The van der Waals surface area contributed by atoms with Gasteiger partial charge >= 0.3 is 0 Å². The van der Waals surface area contributed by atoms with E-state index < -0.39 is 0 Å². The summed E-state index contributed by atoms with van der Waals surface area (Å²) in [5.41, 5.74) is 1.73. The number of para-hydroxylation sites is 1. The highest BCUT2D eigenvalue weighted by Gasteiger charge is 1.94. The fourth-order valence-corrected chi connectivity index (χ4v) is 1.38. The Hall–Kier alpha value is -1.83. The van der Waals surface area contributed by atoms with E-state index in [1.165, 1.54) is 0 Å². The summed E-state index contributed by atoms with van der Waals surface area (Å²) in [7, 11) is 0. The standard InChI is InChI=1S/C12H11NO/c1-9(14)8-11-7-6-10-4-2-3-5-12(10)13-11/h2-8,14H,1H3/b9-8-. The lowest BCUT2D eigenvalue weighted by Gasteiger charge is -1.98. The summed E-state index contributed by atoms with van der Waals surface area (Å²) in [5, 5.41) is 10.2. The number of nitrogens with zero attached hydrogens (tertiary/aromatic N) is 1. The first-order valence-corrected chi connectivity index (χ1v) is 4.49. The highest BCUT2D eigenvalue weighted by Crippen LogP contribution is 2.12. The molecule has 1 N–H and O–H groups in total. The van der Waals surface area contributed by atoms with Crippen molar-refractivity contribution in [3.8, 4) is 0 Å². The molecule has 0 aliphatic heterocycles. The predicted octanol–water partition coefficient (Wildman–Crippen LogP) is 3.15. The first-order valence-electron chi connectivity index (χ1n) is 4.49. The molecule has 0 atom stereocenters. The fourth-order valence-electron chi connectivity index (χ4n) is 1.38. The molecule has 0 saturated heterocycles. The van der Waals surface area contributed by atoms with E-state index in [1.807, 2.05) is 36.4 Å². The quantitative estimate of drug-likeness (QED) is 0.692. The summed E-state index contributed by atoms with van der Waals surface area (Å²) in [6, 6.07) is 11.8. The van der Waals surface area contributed by atoms with E-state index >= 15 is 0 Å². The van der Waals surface area contributed by atoms with Gasteiger partial charge in [-0.15, -0.1) is 0 Å². The molecule has 1 aromatic carbocycles. The highest BCUT2D eigenvalue weighted by molar-refractivity contribution is 5.79. The van der Waals surface area contributed by atoms with Crippen molar-refractivity contribution in [2.24, 2.45) is 0 Å². The zero-order valence-corrected chi connectivity index (χ0v) is 7.94. The van der Waals surface area contributed by atoms with Crippen LogP contribution in [0.2, 0.25) is 0 Å². The van der Waals surface area contributed by atoms with Crippen molar-refractivity contribution in [3.63, 3.8) is 0 Å². The molecular weight excluding hydrogens is 174 g/mol. The van der Waals surface area contributed by atoms with Crippen LogP contribution in [-0.2, 0) is 0 Å². The molecule has 14 heavy (non-hydrogen) atoms. The Morgan fingerprint density at radius 3 is 2.79 bits per heavy atom. The molecule has 2 rings (SSSR count). The van der Waals surface area contributed by atoms with Crippen LogP contribution < -0.4 is 0 Å². The maximum absolute atomic E-state index is 9.10. The molecule has 0 aliphatic rings. The molecule has 0 amide bonds. The Kier molecular flexibility index (Phi) is 2.19. The van der Waals surface area contributed by atoms with Crippen LogP contribution in [-0.4, -0.2) is 10.1 Å². The van der Waals surface area contributed by atoms with Gasteiger partial charge in [-0.3, -0.25) is 0 Å². The van der Waals surface area contributed by atoms with E-state index in [2.05, 4.69) is 4.98 Å². The molecule has 70 valence electrons. The maximum Gasteiger partial charge on any atom is 0.0913 e. The van der Waals surface area contributed by atoms with E-state index in [0.717, 1.165) is 16.6 Å². The molecule has 0 spiro atoms. The third-order valence-electron chi connectivity index (χ3n) is 1.98. The van der Waals surface area contributed by atoms with Crippen molar-refractivity contribution in [1.82, 2.24) is 4.98 Å². The van der Waals surface area contributed by atoms with Crippen LogP contribution in [0.15, 0.2) is 42.2 Å². The number of allylic oxidation sites excluding steroid dienone is 1. The second-order valence-corrected chi connectivity index (χ2v) is 3.21. The minimum absolute atomic E-state index is 0.271. The number of fused-ring (bicyclic) bond motifs is 1. The molecule has 2 aromatic rings. The lowest BCUT2D eigenvalue weighted by molar-refractivity contribution is 0.419. The van der Waals surface area contributed by atoms with E-state index in [4.69, 9.17) is 5.11 Å². The van der Waals surface area contributed by atoms with Crippen molar-refractivity contribution in [1.29, 1.82) is 0 Å². The number of aliphatic hydroxyl groups excluding tert-OH is 1. The molecule has 0 radical (unpaired) electrons. The zero-order chi connectivity index (χ0) is 9.97. The van der Waals surface area contributed by atoms with Gasteiger partial charge in [0.05, 0.1) is 17.0 Å². The third kappa shape index (κ3) is 1.74. The Morgan fingerprint density at radius 2 is 2.00 bits per heavy atom. The largest absolute Gasteiger partial charge is 0.513 e. The second kappa shape index (κ2) is 3.50. The van der Waals surface area contributed by atoms with Crippen molar-refractivity contribution in [2.75, 3.05) is 0 Å². The van der Waals surface area contributed by atoms with E-state index in [-0.39, 0.29) is 5.76 Å².